The van der Waals surface area contributed by atoms with Crippen LogP contribution in [0.3, 0.4) is 0 Å². The quantitative estimate of drug-likeness (QED) is 0.667. The Morgan fingerprint density at radius 3 is 2.70 bits per heavy atom. The Balaban J connectivity index is 1.55. The molecule has 0 saturated heterocycles. The highest BCUT2D eigenvalue weighted by Crippen LogP contribution is 2.30. The zero-order chi connectivity index (χ0) is 18.8. The van der Waals surface area contributed by atoms with Crippen molar-refractivity contribution in [2.45, 2.75) is 32.2 Å². The molecule has 1 aliphatic carbocycles. The second-order valence-electron chi connectivity index (χ2n) is 6.98. The first-order valence-corrected chi connectivity index (χ1v) is 9.39. The van der Waals surface area contributed by atoms with E-state index in [1.165, 1.54) is 29.5 Å². The summed E-state index contributed by atoms with van der Waals surface area (Å²) in [6.07, 6.45) is 4.53. The third-order valence-electron chi connectivity index (χ3n) is 5.25. The van der Waals surface area contributed by atoms with Gasteiger partial charge in [0.05, 0.1) is 11.1 Å². The van der Waals surface area contributed by atoms with Gasteiger partial charge in [0, 0.05) is 30.2 Å². The van der Waals surface area contributed by atoms with Crippen molar-refractivity contribution in [3.8, 4) is 0 Å². The van der Waals surface area contributed by atoms with Crippen molar-refractivity contribution in [1.29, 1.82) is 0 Å². The topological polar surface area (TPSA) is 74.0 Å². The number of carbonyl (C=O) groups is 2. The number of hydrogen-bond donors (Lipinski definition) is 3. The Labute approximate surface area is 158 Å². The fourth-order valence-corrected chi connectivity index (χ4v) is 3.86. The van der Waals surface area contributed by atoms with Crippen molar-refractivity contribution in [1.82, 2.24) is 15.6 Å². The van der Waals surface area contributed by atoms with E-state index in [0.29, 0.717) is 17.7 Å². The monoisotopic (exact) mass is 361 g/mol. The van der Waals surface area contributed by atoms with E-state index in [4.69, 9.17) is 0 Å². The largest absolute Gasteiger partial charge is 0.358 e. The van der Waals surface area contributed by atoms with Gasteiger partial charge in [0.15, 0.2) is 0 Å². The van der Waals surface area contributed by atoms with Crippen molar-refractivity contribution in [2.75, 3.05) is 7.05 Å². The molecule has 0 atom stereocenters. The average molecular weight is 361 g/mol. The summed E-state index contributed by atoms with van der Waals surface area (Å²) in [7, 11) is 1.60. The molecule has 2 aromatic carbocycles. The molecule has 138 valence electrons. The Morgan fingerprint density at radius 2 is 1.85 bits per heavy atom. The molecule has 1 aromatic heterocycles. The molecule has 0 radical (unpaired) electrons. The Kier molecular flexibility index (Phi) is 4.67. The summed E-state index contributed by atoms with van der Waals surface area (Å²) in [5.74, 6) is -0.241. The van der Waals surface area contributed by atoms with Crippen molar-refractivity contribution < 1.29 is 9.59 Å². The molecule has 1 aliphatic rings. The zero-order valence-electron chi connectivity index (χ0n) is 15.4. The van der Waals surface area contributed by atoms with Crippen LogP contribution in [0.25, 0.3) is 10.9 Å². The van der Waals surface area contributed by atoms with Crippen LogP contribution in [0, 0.1) is 0 Å². The zero-order valence-corrected chi connectivity index (χ0v) is 15.4. The number of H-pyrrole nitrogens is 1. The van der Waals surface area contributed by atoms with Crippen LogP contribution in [0.1, 0.15) is 50.4 Å². The molecule has 0 aliphatic heterocycles. The molecule has 0 spiro atoms. The Bertz CT molecular complexity index is 1020. The number of para-hydroxylation sites is 1. The van der Waals surface area contributed by atoms with Crippen molar-refractivity contribution in [3.63, 3.8) is 0 Å². The third kappa shape index (κ3) is 3.33. The average Bonchev–Trinajstić information content (AvgIpc) is 3.10. The number of benzene rings is 2. The number of nitrogens with one attached hydrogen (secondary N) is 3. The standard InChI is InChI=1S/C22H23N3O2/c1-23-21(26)15-7-4-6-14(12-15)13-24-22(27)18-10-5-9-17-16-8-2-3-11-19(16)25-20(17)18/h4-7,9-10,12,25H,2-3,8,11,13H2,1H3,(H,23,26)(H,24,27). The van der Waals surface area contributed by atoms with Crippen LogP contribution >= 0.6 is 0 Å². The van der Waals surface area contributed by atoms with Gasteiger partial charge in [-0.25, -0.2) is 0 Å². The maximum absolute atomic E-state index is 12.8. The summed E-state index contributed by atoms with van der Waals surface area (Å²) >= 11 is 0. The molecule has 4 rings (SSSR count). The van der Waals surface area contributed by atoms with Crippen molar-refractivity contribution in [2.24, 2.45) is 0 Å². The maximum atomic E-state index is 12.8. The van der Waals surface area contributed by atoms with E-state index >= 15 is 0 Å². The van der Waals surface area contributed by atoms with Crippen LogP contribution in [-0.2, 0) is 19.4 Å². The second-order valence-corrected chi connectivity index (χ2v) is 6.98. The first kappa shape index (κ1) is 17.3. The number of amides is 2. The molecule has 5 nitrogen and oxygen atoms in total. The number of hydrogen-bond acceptors (Lipinski definition) is 2. The molecule has 2 amide bonds. The van der Waals surface area contributed by atoms with Crippen LogP contribution in [0.4, 0.5) is 0 Å². The highest BCUT2D eigenvalue weighted by molar-refractivity contribution is 6.06. The van der Waals surface area contributed by atoms with E-state index < -0.39 is 0 Å². The number of carbonyl (C=O) groups excluding carboxylic acids is 2. The molecule has 0 unspecified atom stereocenters. The predicted octanol–water partition coefficient (Wildman–Crippen LogP) is 3.34. The van der Waals surface area contributed by atoms with Gasteiger partial charge in [0.2, 0.25) is 0 Å². The molecule has 27 heavy (non-hydrogen) atoms. The lowest BCUT2D eigenvalue weighted by molar-refractivity contribution is 0.0950. The van der Waals surface area contributed by atoms with E-state index in [-0.39, 0.29) is 11.8 Å². The molecule has 3 aromatic rings. The Hall–Kier alpha value is -3.08. The van der Waals surface area contributed by atoms with Gasteiger partial charge in [-0.2, -0.15) is 0 Å². The van der Waals surface area contributed by atoms with E-state index in [1.54, 1.807) is 19.2 Å². The SMILES string of the molecule is CNC(=O)c1cccc(CNC(=O)c2cccc3c4c([nH]c23)CCCC4)c1. The van der Waals surface area contributed by atoms with Gasteiger partial charge < -0.3 is 15.6 Å². The van der Waals surface area contributed by atoms with Crippen LogP contribution in [0.15, 0.2) is 42.5 Å². The summed E-state index contributed by atoms with van der Waals surface area (Å²) < 4.78 is 0. The van der Waals surface area contributed by atoms with Gasteiger partial charge >= 0.3 is 0 Å². The van der Waals surface area contributed by atoms with E-state index in [2.05, 4.69) is 21.7 Å². The first-order chi connectivity index (χ1) is 13.2. The van der Waals surface area contributed by atoms with Crippen LogP contribution in [0.5, 0.6) is 0 Å². The lowest BCUT2D eigenvalue weighted by atomic mass is 9.95. The van der Waals surface area contributed by atoms with Crippen LogP contribution in [-0.4, -0.2) is 23.8 Å². The van der Waals surface area contributed by atoms with Gasteiger partial charge in [0.25, 0.3) is 11.8 Å². The number of fused-ring (bicyclic) bond motifs is 3. The van der Waals surface area contributed by atoms with Crippen LogP contribution in [0.2, 0.25) is 0 Å². The summed E-state index contributed by atoms with van der Waals surface area (Å²) in [5, 5.41) is 6.76. The highest BCUT2D eigenvalue weighted by Gasteiger charge is 2.19. The third-order valence-corrected chi connectivity index (χ3v) is 5.25. The van der Waals surface area contributed by atoms with E-state index in [9.17, 15) is 9.59 Å². The molecule has 5 heteroatoms. The first-order valence-electron chi connectivity index (χ1n) is 9.39. The lowest BCUT2D eigenvalue weighted by Crippen LogP contribution is -2.23. The Morgan fingerprint density at radius 1 is 1.04 bits per heavy atom. The highest BCUT2D eigenvalue weighted by atomic mass is 16.2. The normalized spacial score (nSPS) is 13.2. The minimum Gasteiger partial charge on any atom is -0.358 e. The number of rotatable bonds is 4. The van der Waals surface area contributed by atoms with Gasteiger partial charge in [-0.3, -0.25) is 9.59 Å². The van der Waals surface area contributed by atoms with Gasteiger partial charge in [-0.05, 0) is 55.0 Å². The summed E-state index contributed by atoms with van der Waals surface area (Å²) in [6.45, 7) is 0.375. The number of aryl methyl sites for hydroxylation is 2. The summed E-state index contributed by atoms with van der Waals surface area (Å²) in [6, 6.07) is 13.2. The van der Waals surface area contributed by atoms with Crippen molar-refractivity contribution in [3.05, 3.63) is 70.4 Å². The molecule has 1 heterocycles. The molecule has 3 N–H and O–H groups in total. The molecular formula is C22H23N3O2. The minimum absolute atomic E-state index is 0.107. The van der Waals surface area contributed by atoms with E-state index in [0.717, 1.165) is 23.9 Å². The fourth-order valence-electron chi connectivity index (χ4n) is 3.86. The predicted molar refractivity (Wildman–Crippen MR) is 106 cm³/mol. The number of aromatic amines is 1. The maximum Gasteiger partial charge on any atom is 0.253 e. The van der Waals surface area contributed by atoms with Gasteiger partial charge in [-0.15, -0.1) is 0 Å². The van der Waals surface area contributed by atoms with Gasteiger partial charge in [-0.1, -0.05) is 24.3 Å². The van der Waals surface area contributed by atoms with E-state index in [1.807, 2.05) is 24.3 Å². The van der Waals surface area contributed by atoms with Gasteiger partial charge in [0.1, 0.15) is 0 Å². The number of aromatic nitrogens is 1. The fraction of sp³-hybridized carbons (Fsp3) is 0.273. The lowest BCUT2D eigenvalue weighted by Gasteiger charge is -2.10. The molecule has 0 saturated carbocycles. The second kappa shape index (κ2) is 7.27. The van der Waals surface area contributed by atoms with Crippen LogP contribution < -0.4 is 10.6 Å². The summed E-state index contributed by atoms with van der Waals surface area (Å²) in [4.78, 5) is 28.1. The molecular weight excluding hydrogens is 338 g/mol. The van der Waals surface area contributed by atoms with Crippen molar-refractivity contribution >= 4 is 22.7 Å². The smallest absolute Gasteiger partial charge is 0.253 e. The summed E-state index contributed by atoms with van der Waals surface area (Å²) in [5.41, 5.74) is 5.72. The minimum atomic E-state index is -0.134. The molecule has 0 bridgehead atoms. The molecule has 0 fully saturated rings.